The third kappa shape index (κ3) is 6.07. The lowest BCUT2D eigenvalue weighted by Gasteiger charge is -1.93. The predicted molar refractivity (Wildman–Crippen MR) is 37.8 cm³/mol. The first kappa shape index (κ1) is 7.07. The fourth-order valence-electron chi connectivity index (χ4n) is 0.286. The summed E-state index contributed by atoms with van der Waals surface area (Å²) < 4.78 is 0. The Bertz CT molecular complexity index is 29.4. The molecule has 0 bridgehead atoms. The fraction of sp³-hybridized carbons (Fsp3) is 1.00. The Labute approximate surface area is 46.3 Å². The van der Waals surface area contributed by atoms with Gasteiger partial charge in [-0.05, 0) is 0 Å². The third-order valence-electron chi connectivity index (χ3n) is 0.644. The van der Waals surface area contributed by atoms with Gasteiger partial charge in [-0.3, -0.25) is 0 Å². The Balaban J connectivity index is 2.45. The molecule has 3 nitrogen and oxygen atoms in total. The zero-order valence-corrected chi connectivity index (χ0v) is 4.70. The monoisotopic (exact) mass is 97.1 g/mol. The van der Waals surface area contributed by atoms with Gasteiger partial charge in [-0.25, -0.2) is 0 Å². The number of rotatable bonds is 4. The van der Waals surface area contributed by atoms with Crippen LogP contribution in [0.5, 0.6) is 0 Å². The molecular weight excluding hydrogens is 86.5 g/mol. The summed E-state index contributed by atoms with van der Waals surface area (Å²) in [5.41, 5.74) is 5.12. The van der Waals surface area contributed by atoms with E-state index in [1.54, 1.807) is 0 Å². The van der Waals surface area contributed by atoms with Crippen LogP contribution in [0.1, 0.15) is 0 Å². The Morgan fingerprint density at radius 2 is 2.14 bits per heavy atom. The van der Waals surface area contributed by atoms with Crippen LogP contribution in [0.4, 0.5) is 0 Å². The first-order valence-electron chi connectivity index (χ1n) is 2.53. The lowest BCUT2D eigenvalue weighted by molar-refractivity contribution is 1.41. The lowest BCUT2D eigenvalue weighted by atomic mass is 9.90. The minimum Gasteiger partial charge on any atom is -0.391 e. The standard InChI is InChI=1S/CH10B3N3/c1-2-6-4-7-3-5/h2-4,6-7H,5H2,1H3. The summed E-state index contributed by atoms with van der Waals surface area (Å²) in [6, 6.07) is 0. The van der Waals surface area contributed by atoms with E-state index in [1.165, 1.54) is 0 Å². The van der Waals surface area contributed by atoms with Crippen LogP contribution >= 0.6 is 0 Å². The highest BCUT2D eigenvalue weighted by atomic mass is 14.8. The van der Waals surface area contributed by atoms with Crippen molar-refractivity contribution in [1.29, 1.82) is 0 Å². The molecule has 0 saturated heterocycles. The highest BCUT2D eigenvalue weighted by Crippen LogP contribution is 1.38. The molecule has 0 unspecified atom stereocenters. The molecule has 0 radical (unpaired) electrons. The van der Waals surface area contributed by atoms with Crippen LogP contribution in [0.3, 0.4) is 0 Å². The molecule has 38 valence electrons. The second kappa shape index (κ2) is 6.07. The van der Waals surface area contributed by atoms with Crippen LogP contribution in [0, 0.1) is 0 Å². The summed E-state index contributed by atoms with van der Waals surface area (Å²) >= 11 is 0. The zero-order chi connectivity index (χ0) is 5.54. The number of nitrogens with two attached hydrogens (primary N) is 1. The van der Waals surface area contributed by atoms with Gasteiger partial charge in [0.2, 0.25) is 0 Å². The van der Waals surface area contributed by atoms with Crippen molar-refractivity contribution in [3.63, 3.8) is 0 Å². The maximum absolute atomic E-state index is 5.12. The molecule has 0 aliphatic rings. The van der Waals surface area contributed by atoms with Gasteiger partial charge in [0.15, 0.2) is 7.41 Å². The van der Waals surface area contributed by atoms with E-state index in [0.717, 1.165) is 15.0 Å². The summed E-state index contributed by atoms with van der Waals surface area (Å²) in [4.78, 5) is 0. The Hall–Kier alpha value is 0.0748. The summed E-state index contributed by atoms with van der Waals surface area (Å²) in [5, 5.41) is 5.97. The van der Waals surface area contributed by atoms with Gasteiger partial charge in [-0.2, -0.15) is 0 Å². The molecular formula is CH10B3N3. The average molecular weight is 96.5 g/mol. The molecule has 0 aliphatic carbocycles. The van der Waals surface area contributed by atoms with Gasteiger partial charge in [-0.15, -0.1) is 0 Å². The molecule has 0 fully saturated rings. The van der Waals surface area contributed by atoms with Crippen LogP contribution < -0.4 is 15.9 Å². The van der Waals surface area contributed by atoms with E-state index in [1.807, 2.05) is 0 Å². The van der Waals surface area contributed by atoms with Crippen molar-refractivity contribution in [2.24, 2.45) is 5.64 Å². The molecule has 0 heterocycles. The summed E-state index contributed by atoms with van der Waals surface area (Å²) in [6.07, 6.45) is 0. The molecule has 0 spiro atoms. The molecule has 4 N–H and O–H groups in total. The van der Waals surface area contributed by atoms with Gasteiger partial charge in [0, 0.05) is 0 Å². The molecule has 0 aromatic rings. The smallest absolute Gasteiger partial charge is 0.272 e. The highest BCUT2D eigenvalue weighted by Gasteiger charge is 1.82. The minimum atomic E-state index is 0.549. The van der Waals surface area contributed by atoms with Crippen LogP contribution in [-0.2, 0) is 0 Å². The van der Waals surface area contributed by atoms with Crippen LogP contribution in [0.25, 0.3) is 0 Å². The van der Waals surface area contributed by atoms with Crippen molar-refractivity contribution in [2.45, 2.75) is 6.82 Å². The molecule has 6 heteroatoms. The lowest BCUT2D eigenvalue weighted by Crippen LogP contribution is -2.40. The average Bonchev–Trinajstić information content (AvgIpc) is 1.69. The van der Waals surface area contributed by atoms with E-state index in [9.17, 15) is 0 Å². The highest BCUT2D eigenvalue weighted by molar-refractivity contribution is 6.55. The fourth-order valence-corrected chi connectivity index (χ4v) is 0.286. The zero-order valence-electron chi connectivity index (χ0n) is 4.70. The van der Waals surface area contributed by atoms with Crippen LogP contribution in [-0.4, -0.2) is 22.5 Å². The van der Waals surface area contributed by atoms with Crippen molar-refractivity contribution >= 4 is 22.5 Å². The van der Waals surface area contributed by atoms with Crippen molar-refractivity contribution < 1.29 is 0 Å². The van der Waals surface area contributed by atoms with Crippen molar-refractivity contribution in [3.05, 3.63) is 0 Å². The first-order valence-corrected chi connectivity index (χ1v) is 2.53. The summed E-state index contributed by atoms with van der Waals surface area (Å²) in [6.45, 7) is 2.05. The number of hydrogen-bond donors (Lipinski definition) is 3. The second-order valence-electron chi connectivity index (χ2n) is 1.23. The largest absolute Gasteiger partial charge is 0.391 e. The van der Waals surface area contributed by atoms with Crippen molar-refractivity contribution in [3.8, 4) is 0 Å². The molecule has 7 heavy (non-hydrogen) atoms. The molecule has 0 aliphatic heterocycles. The van der Waals surface area contributed by atoms with Crippen LogP contribution in [0.15, 0.2) is 0 Å². The molecule has 0 rings (SSSR count). The van der Waals surface area contributed by atoms with Gasteiger partial charge >= 0.3 is 0 Å². The van der Waals surface area contributed by atoms with Gasteiger partial charge in [-0.1, -0.05) is 6.82 Å². The third-order valence-corrected chi connectivity index (χ3v) is 0.644. The van der Waals surface area contributed by atoms with E-state index in [-0.39, 0.29) is 0 Å². The Kier molecular flexibility index (Phi) is 6.14. The topological polar surface area (TPSA) is 50.1 Å². The van der Waals surface area contributed by atoms with Crippen molar-refractivity contribution in [2.75, 3.05) is 0 Å². The quantitative estimate of drug-likeness (QED) is 0.259. The van der Waals surface area contributed by atoms with Gasteiger partial charge < -0.3 is 15.9 Å². The van der Waals surface area contributed by atoms with Gasteiger partial charge in [0.25, 0.3) is 15.1 Å². The molecule has 0 saturated carbocycles. The molecule has 0 amide bonds. The Morgan fingerprint density at radius 1 is 1.43 bits per heavy atom. The maximum Gasteiger partial charge on any atom is 0.272 e. The summed E-state index contributed by atoms with van der Waals surface area (Å²) in [5.74, 6) is 0. The van der Waals surface area contributed by atoms with E-state index >= 15 is 0 Å². The van der Waals surface area contributed by atoms with E-state index in [0.29, 0.717) is 7.55 Å². The SMILES string of the molecule is CBNBNBN. The predicted octanol–water partition coefficient (Wildman–Crippen LogP) is -2.94. The second-order valence-corrected chi connectivity index (χ2v) is 1.23. The Morgan fingerprint density at radius 3 is 2.57 bits per heavy atom. The van der Waals surface area contributed by atoms with Gasteiger partial charge in [0.05, 0.1) is 0 Å². The van der Waals surface area contributed by atoms with E-state index < -0.39 is 0 Å². The van der Waals surface area contributed by atoms with Crippen molar-refractivity contribution in [1.82, 2.24) is 10.3 Å². The molecule has 0 atom stereocenters. The first-order chi connectivity index (χ1) is 3.41. The number of hydrogen-bond acceptors (Lipinski definition) is 3. The molecule has 0 aromatic heterocycles. The van der Waals surface area contributed by atoms with Gasteiger partial charge in [0.1, 0.15) is 0 Å². The summed E-state index contributed by atoms with van der Waals surface area (Å²) in [7, 11) is 2.35. The molecule has 0 aromatic carbocycles. The number of nitrogens with one attached hydrogen (secondary N) is 2. The minimum absolute atomic E-state index is 0.549. The van der Waals surface area contributed by atoms with Crippen LogP contribution in [0.2, 0.25) is 6.82 Å². The normalized spacial score (nSPS) is 7.71. The maximum atomic E-state index is 5.12. The van der Waals surface area contributed by atoms with E-state index in [2.05, 4.69) is 17.1 Å². The van der Waals surface area contributed by atoms with E-state index in [4.69, 9.17) is 5.64 Å².